The molecule has 0 atom stereocenters. The van der Waals surface area contributed by atoms with Gasteiger partial charge in [0.15, 0.2) is 0 Å². The van der Waals surface area contributed by atoms with Gasteiger partial charge in [-0.15, -0.1) is 0 Å². The van der Waals surface area contributed by atoms with E-state index in [9.17, 15) is 14.4 Å². The van der Waals surface area contributed by atoms with Gasteiger partial charge in [-0.25, -0.2) is 4.79 Å². The van der Waals surface area contributed by atoms with Crippen LogP contribution in [0.25, 0.3) is 0 Å². The van der Waals surface area contributed by atoms with E-state index in [2.05, 4.69) is 0 Å². The first-order chi connectivity index (χ1) is 14.6. The average Bonchev–Trinajstić information content (AvgIpc) is 2.73. The van der Waals surface area contributed by atoms with Gasteiger partial charge in [-0.3, -0.25) is 9.59 Å². The van der Waals surface area contributed by atoms with Gasteiger partial charge in [0.1, 0.15) is 17.1 Å². The van der Waals surface area contributed by atoms with E-state index in [4.69, 9.17) is 15.2 Å². The van der Waals surface area contributed by atoms with Crippen LogP contribution in [-0.2, 0) is 4.74 Å². The molecule has 0 bridgehead atoms. The molecule has 3 amide bonds. The Balaban J connectivity index is 1.55. The fraction of sp³-hybridized carbons (Fsp3) is 0.348. The van der Waals surface area contributed by atoms with E-state index in [1.165, 1.54) is 0 Å². The summed E-state index contributed by atoms with van der Waals surface area (Å²) in [5.41, 5.74) is 5.63. The first-order valence-corrected chi connectivity index (χ1v) is 10.1. The van der Waals surface area contributed by atoms with Crippen LogP contribution in [0.4, 0.5) is 4.79 Å². The lowest BCUT2D eigenvalue weighted by Crippen LogP contribution is -2.51. The minimum absolute atomic E-state index is 0.0961. The topological polar surface area (TPSA) is 102 Å². The number of carbonyl (C=O) groups excluding carboxylic acids is 3. The summed E-state index contributed by atoms with van der Waals surface area (Å²) < 4.78 is 11.1. The predicted octanol–water partition coefficient (Wildman–Crippen LogP) is 3.27. The molecule has 1 aliphatic rings. The molecule has 1 aliphatic heterocycles. The molecule has 0 aromatic heterocycles. The molecule has 1 saturated heterocycles. The predicted molar refractivity (Wildman–Crippen MR) is 115 cm³/mol. The summed E-state index contributed by atoms with van der Waals surface area (Å²) >= 11 is 0. The maximum Gasteiger partial charge on any atom is 0.410 e. The summed E-state index contributed by atoms with van der Waals surface area (Å²) in [7, 11) is 0. The van der Waals surface area contributed by atoms with Crippen molar-refractivity contribution in [2.24, 2.45) is 5.73 Å². The van der Waals surface area contributed by atoms with Crippen LogP contribution in [0.15, 0.2) is 48.5 Å². The molecule has 31 heavy (non-hydrogen) atoms. The highest BCUT2D eigenvalue weighted by molar-refractivity contribution is 5.94. The number of nitrogens with zero attached hydrogens (tertiary/aromatic N) is 2. The third-order valence-electron chi connectivity index (χ3n) is 4.69. The molecule has 3 rings (SSSR count). The molecule has 2 aromatic carbocycles. The van der Waals surface area contributed by atoms with Crippen molar-refractivity contribution in [2.45, 2.75) is 26.4 Å². The molecule has 2 N–H and O–H groups in total. The summed E-state index contributed by atoms with van der Waals surface area (Å²) in [6.07, 6.45) is -0.357. The standard InChI is InChI=1S/C23H27N3O5/c1-23(2,3)31-22(29)26-14-12-25(13-15-26)21(28)17-6-10-19(11-7-17)30-18-8-4-16(5-9-18)20(24)27/h4-11H,12-15H2,1-3H3,(H2,24,27). The molecule has 0 radical (unpaired) electrons. The van der Waals surface area contributed by atoms with Crippen molar-refractivity contribution in [3.63, 3.8) is 0 Å². The Morgan fingerprint density at radius 1 is 0.774 bits per heavy atom. The number of primary amides is 1. The molecular weight excluding hydrogens is 398 g/mol. The molecule has 0 aliphatic carbocycles. The van der Waals surface area contributed by atoms with Crippen LogP contribution in [0.2, 0.25) is 0 Å². The summed E-state index contributed by atoms with van der Waals surface area (Å²) in [4.78, 5) is 39.4. The van der Waals surface area contributed by atoms with Gasteiger partial charge < -0.3 is 25.0 Å². The maximum absolute atomic E-state index is 12.8. The van der Waals surface area contributed by atoms with Gasteiger partial charge in [0.2, 0.25) is 5.91 Å². The van der Waals surface area contributed by atoms with E-state index in [1.807, 2.05) is 20.8 Å². The second kappa shape index (κ2) is 9.07. The number of ether oxygens (including phenoxy) is 2. The van der Waals surface area contributed by atoms with E-state index < -0.39 is 11.5 Å². The zero-order valence-electron chi connectivity index (χ0n) is 18.0. The van der Waals surface area contributed by atoms with Gasteiger partial charge >= 0.3 is 6.09 Å². The third-order valence-corrected chi connectivity index (χ3v) is 4.69. The number of rotatable bonds is 4. The quantitative estimate of drug-likeness (QED) is 0.810. The fourth-order valence-electron chi connectivity index (χ4n) is 3.09. The molecule has 0 saturated carbocycles. The van der Waals surface area contributed by atoms with E-state index >= 15 is 0 Å². The van der Waals surface area contributed by atoms with Gasteiger partial charge in [0, 0.05) is 37.3 Å². The number of hydrogen-bond donors (Lipinski definition) is 1. The molecule has 2 aromatic rings. The van der Waals surface area contributed by atoms with Crippen molar-refractivity contribution in [1.29, 1.82) is 0 Å². The number of nitrogens with two attached hydrogens (primary N) is 1. The largest absolute Gasteiger partial charge is 0.457 e. The van der Waals surface area contributed by atoms with Crippen LogP contribution >= 0.6 is 0 Å². The van der Waals surface area contributed by atoms with Crippen LogP contribution < -0.4 is 10.5 Å². The molecule has 1 fully saturated rings. The Bertz CT molecular complexity index is 941. The number of piperazine rings is 1. The van der Waals surface area contributed by atoms with Crippen molar-refractivity contribution in [2.75, 3.05) is 26.2 Å². The van der Waals surface area contributed by atoms with Gasteiger partial charge in [0.25, 0.3) is 5.91 Å². The molecule has 0 spiro atoms. The SMILES string of the molecule is CC(C)(C)OC(=O)N1CCN(C(=O)c2ccc(Oc3ccc(C(N)=O)cc3)cc2)CC1. The lowest BCUT2D eigenvalue weighted by Gasteiger charge is -2.35. The van der Waals surface area contributed by atoms with E-state index in [0.29, 0.717) is 48.8 Å². The highest BCUT2D eigenvalue weighted by Crippen LogP contribution is 2.23. The second-order valence-electron chi connectivity index (χ2n) is 8.27. The van der Waals surface area contributed by atoms with Crippen LogP contribution in [-0.4, -0.2) is 59.5 Å². The monoisotopic (exact) mass is 425 g/mol. The minimum Gasteiger partial charge on any atom is -0.457 e. The first-order valence-electron chi connectivity index (χ1n) is 10.1. The number of hydrogen-bond acceptors (Lipinski definition) is 5. The normalized spacial score (nSPS) is 14.2. The molecule has 164 valence electrons. The molecular formula is C23H27N3O5. The van der Waals surface area contributed by atoms with Gasteiger partial charge in [-0.05, 0) is 69.3 Å². The van der Waals surface area contributed by atoms with Crippen LogP contribution in [0.5, 0.6) is 11.5 Å². The smallest absolute Gasteiger partial charge is 0.410 e. The van der Waals surface area contributed by atoms with Crippen LogP contribution in [0.3, 0.4) is 0 Å². The van der Waals surface area contributed by atoms with Crippen molar-refractivity contribution in [3.05, 3.63) is 59.7 Å². The maximum atomic E-state index is 12.8. The van der Waals surface area contributed by atoms with E-state index in [1.54, 1.807) is 58.3 Å². The van der Waals surface area contributed by atoms with Crippen molar-refractivity contribution in [1.82, 2.24) is 9.80 Å². The van der Waals surface area contributed by atoms with Crippen molar-refractivity contribution < 1.29 is 23.9 Å². The summed E-state index contributed by atoms with van der Waals surface area (Å²) in [6.45, 7) is 7.24. The van der Waals surface area contributed by atoms with Gasteiger partial charge in [-0.2, -0.15) is 0 Å². The Hall–Kier alpha value is -3.55. The lowest BCUT2D eigenvalue weighted by molar-refractivity contribution is 0.0141. The zero-order chi connectivity index (χ0) is 22.6. The Labute approximate surface area is 181 Å². The van der Waals surface area contributed by atoms with Crippen LogP contribution in [0.1, 0.15) is 41.5 Å². The van der Waals surface area contributed by atoms with E-state index in [-0.39, 0.29) is 12.0 Å². The number of carbonyl (C=O) groups is 3. The van der Waals surface area contributed by atoms with Gasteiger partial charge in [0.05, 0.1) is 0 Å². The Morgan fingerprint density at radius 2 is 1.23 bits per heavy atom. The highest BCUT2D eigenvalue weighted by Gasteiger charge is 2.28. The van der Waals surface area contributed by atoms with E-state index in [0.717, 1.165) is 0 Å². The Morgan fingerprint density at radius 3 is 1.68 bits per heavy atom. The number of benzene rings is 2. The van der Waals surface area contributed by atoms with Crippen molar-refractivity contribution in [3.8, 4) is 11.5 Å². The van der Waals surface area contributed by atoms with Crippen molar-refractivity contribution >= 4 is 17.9 Å². The number of amides is 3. The van der Waals surface area contributed by atoms with Crippen LogP contribution in [0, 0.1) is 0 Å². The molecule has 8 heteroatoms. The fourth-order valence-corrected chi connectivity index (χ4v) is 3.09. The molecule has 1 heterocycles. The first kappa shape index (κ1) is 22.1. The second-order valence-corrected chi connectivity index (χ2v) is 8.27. The Kier molecular flexibility index (Phi) is 6.48. The summed E-state index contributed by atoms with van der Waals surface area (Å²) in [5.74, 6) is 0.531. The summed E-state index contributed by atoms with van der Waals surface area (Å²) in [6, 6.07) is 13.3. The van der Waals surface area contributed by atoms with Gasteiger partial charge in [-0.1, -0.05) is 0 Å². The third kappa shape index (κ3) is 5.97. The molecule has 0 unspecified atom stereocenters. The minimum atomic E-state index is -0.544. The zero-order valence-corrected chi connectivity index (χ0v) is 18.0. The summed E-state index contributed by atoms with van der Waals surface area (Å²) in [5, 5.41) is 0. The molecule has 8 nitrogen and oxygen atoms in total. The lowest BCUT2D eigenvalue weighted by atomic mass is 10.1. The highest BCUT2D eigenvalue weighted by atomic mass is 16.6. The average molecular weight is 425 g/mol.